The third-order valence-corrected chi connectivity index (χ3v) is 8.07. The van der Waals surface area contributed by atoms with Crippen LogP contribution in [0.15, 0.2) is 89.1 Å². The fourth-order valence-corrected chi connectivity index (χ4v) is 5.91. The Morgan fingerprint density at radius 1 is 1.05 bits per heavy atom. The molecule has 0 aliphatic heterocycles. The second kappa shape index (κ2) is 13.1. The molecule has 6 nitrogen and oxygen atoms in total. The molecule has 3 N–H and O–H groups in total. The highest BCUT2D eigenvalue weighted by Gasteiger charge is 2.22. The summed E-state index contributed by atoms with van der Waals surface area (Å²) in [6.45, 7) is 1.97. The Balaban J connectivity index is 1.42. The highest BCUT2D eigenvalue weighted by atomic mass is 32.2. The van der Waals surface area contributed by atoms with E-state index in [9.17, 15) is 10.1 Å². The lowest BCUT2D eigenvalue weighted by molar-refractivity contribution is -0.115. The lowest BCUT2D eigenvalue weighted by Crippen LogP contribution is -2.24. The van der Waals surface area contributed by atoms with Crippen LogP contribution in [0.2, 0.25) is 0 Å². The molecule has 0 radical (unpaired) electrons. The summed E-state index contributed by atoms with van der Waals surface area (Å²) in [5.41, 5.74) is 3.82. The van der Waals surface area contributed by atoms with Crippen LogP contribution >= 0.6 is 35.3 Å². The van der Waals surface area contributed by atoms with Crippen LogP contribution in [0.4, 0.5) is 16.4 Å². The highest BCUT2D eigenvalue weighted by molar-refractivity contribution is 8.00. The molecule has 0 spiro atoms. The molecule has 0 fully saturated rings. The molecule has 38 heavy (non-hydrogen) atoms. The number of para-hydroxylation sites is 2. The highest BCUT2D eigenvalue weighted by Crippen LogP contribution is 2.36. The van der Waals surface area contributed by atoms with Gasteiger partial charge >= 0.3 is 0 Å². The van der Waals surface area contributed by atoms with Gasteiger partial charge in [0.15, 0.2) is 5.11 Å². The normalized spacial score (nSPS) is 11.2. The zero-order chi connectivity index (χ0) is 26.9. The maximum atomic E-state index is 13.2. The third-order valence-electron chi connectivity index (χ3n) is 5.61. The van der Waals surface area contributed by atoms with E-state index in [0.717, 1.165) is 27.4 Å². The van der Waals surface area contributed by atoms with E-state index in [2.05, 4.69) is 22.0 Å². The molecular weight excluding hydrogens is 533 g/mol. The molecule has 3 aromatic carbocycles. The van der Waals surface area contributed by atoms with Crippen molar-refractivity contribution < 1.29 is 9.53 Å². The Bertz CT molecular complexity index is 1460. The number of thiocarbonyl (C=S) groups is 1. The van der Waals surface area contributed by atoms with Gasteiger partial charge < -0.3 is 20.7 Å². The van der Waals surface area contributed by atoms with Crippen LogP contribution in [-0.4, -0.2) is 23.4 Å². The van der Waals surface area contributed by atoms with Gasteiger partial charge in [-0.15, -0.1) is 23.1 Å². The molecular formula is C29H26N4O2S3. The van der Waals surface area contributed by atoms with Crippen LogP contribution in [0.5, 0.6) is 5.75 Å². The second-order valence-electron chi connectivity index (χ2n) is 8.14. The Labute approximate surface area is 236 Å². The van der Waals surface area contributed by atoms with Crippen molar-refractivity contribution in [3.05, 3.63) is 89.8 Å². The first kappa shape index (κ1) is 27.2. The number of ether oxygens (including phenoxy) is 1. The molecule has 4 rings (SSSR count). The van der Waals surface area contributed by atoms with Crippen molar-refractivity contribution in [1.82, 2.24) is 0 Å². The number of carbonyl (C=O) groups is 1. The van der Waals surface area contributed by atoms with Gasteiger partial charge in [-0.1, -0.05) is 55.5 Å². The summed E-state index contributed by atoms with van der Waals surface area (Å²) in [5.74, 6) is 0.557. The molecule has 1 unspecified atom stereocenters. The maximum Gasteiger partial charge on any atom is 0.238 e. The molecule has 0 aliphatic carbocycles. The van der Waals surface area contributed by atoms with Crippen molar-refractivity contribution in [3.8, 4) is 22.9 Å². The van der Waals surface area contributed by atoms with Gasteiger partial charge in [-0.3, -0.25) is 4.79 Å². The van der Waals surface area contributed by atoms with E-state index in [0.29, 0.717) is 27.8 Å². The van der Waals surface area contributed by atoms with Crippen molar-refractivity contribution in [2.24, 2.45) is 0 Å². The molecule has 0 saturated heterocycles. The molecule has 192 valence electrons. The first-order chi connectivity index (χ1) is 18.5. The number of methoxy groups -OCH3 is 1. The molecule has 1 atom stereocenters. The lowest BCUT2D eigenvalue weighted by Gasteiger charge is -2.16. The van der Waals surface area contributed by atoms with Gasteiger partial charge in [-0.2, -0.15) is 5.26 Å². The van der Waals surface area contributed by atoms with E-state index in [-0.39, 0.29) is 11.2 Å². The van der Waals surface area contributed by atoms with Gasteiger partial charge in [0.1, 0.15) is 16.8 Å². The second-order valence-corrected chi connectivity index (χ2v) is 10.7. The van der Waals surface area contributed by atoms with Gasteiger partial charge in [0.25, 0.3) is 0 Å². The van der Waals surface area contributed by atoms with Crippen LogP contribution < -0.4 is 20.7 Å². The van der Waals surface area contributed by atoms with Crippen molar-refractivity contribution in [2.75, 3.05) is 23.1 Å². The predicted octanol–water partition coefficient (Wildman–Crippen LogP) is 7.61. The molecule has 9 heteroatoms. The molecule has 4 aromatic rings. The number of thiophene rings is 1. The van der Waals surface area contributed by atoms with Crippen molar-refractivity contribution >= 4 is 62.7 Å². The fourth-order valence-electron chi connectivity index (χ4n) is 3.75. The first-order valence-corrected chi connectivity index (χ1v) is 14.0. The van der Waals surface area contributed by atoms with E-state index >= 15 is 0 Å². The zero-order valence-corrected chi connectivity index (χ0v) is 23.3. The predicted molar refractivity (Wildman–Crippen MR) is 162 cm³/mol. The summed E-state index contributed by atoms with van der Waals surface area (Å²) in [6, 6.07) is 27.3. The number of rotatable bonds is 9. The molecule has 1 heterocycles. The minimum Gasteiger partial charge on any atom is -0.495 e. The monoisotopic (exact) mass is 558 g/mol. The van der Waals surface area contributed by atoms with Crippen LogP contribution in [0.25, 0.3) is 11.1 Å². The Morgan fingerprint density at radius 3 is 2.55 bits per heavy atom. The fraction of sp³-hybridized carbons (Fsp3) is 0.138. The van der Waals surface area contributed by atoms with Gasteiger partial charge in [-0.05, 0) is 54.5 Å². The summed E-state index contributed by atoms with van der Waals surface area (Å²) in [5, 5.41) is 21.7. The first-order valence-electron chi connectivity index (χ1n) is 11.9. The number of hydrogen-bond acceptors (Lipinski definition) is 6. The number of benzene rings is 3. The summed E-state index contributed by atoms with van der Waals surface area (Å²) < 4.78 is 5.37. The number of anilines is 3. The Kier molecular flexibility index (Phi) is 9.38. The van der Waals surface area contributed by atoms with Crippen LogP contribution in [-0.2, 0) is 4.79 Å². The summed E-state index contributed by atoms with van der Waals surface area (Å²) >= 11 is 8.32. The number of nitrogens with zero attached hydrogens (tertiary/aromatic N) is 1. The van der Waals surface area contributed by atoms with E-state index in [1.165, 1.54) is 23.1 Å². The van der Waals surface area contributed by atoms with E-state index < -0.39 is 0 Å². The smallest absolute Gasteiger partial charge is 0.238 e. The van der Waals surface area contributed by atoms with E-state index in [1.54, 1.807) is 7.11 Å². The lowest BCUT2D eigenvalue weighted by atomic mass is 10.1. The minimum atomic E-state index is -0.335. The Hall–Kier alpha value is -3.84. The molecule has 1 amide bonds. The number of nitriles is 1. The standard InChI is InChI=1S/C29H26N4O2S3/c1-3-26(27(34)33-28-22(17-30)23(18-37-28)19-10-5-4-6-11-19)38-21-13-9-12-20(16-21)31-29(36)32-24-14-7-8-15-25(24)35-2/h4-16,18,26H,3H2,1-2H3,(H,33,34)(H2,31,32,36). The van der Waals surface area contributed by atoms with Crippen molar-refractivity contribution in [2.45, 2.75) is 23.5 Å². The number of amides is 1. The molecule has 0 aliphatic rings. The number of thioether (sulfide) groups is 1. The largest absolute Gasteiger partial charge is 0.495 e. The number of carbonyl (C=O) groups excluding carboxylic acids is 1. The summed E-state index contributed by atoms with van der Waals surface area (Å²) in [6.07, 6.45) is 0.626. The SMILES string of the molecule is CCC(Sc1cccc(NC(=S)Nc2ccccc2OC)c1)C(=O)Nc1scc(-c2ccccc2)c1C#N. The molecule has 0 bridgehead atoms. The van der Waals surface area contributed by atoms with Crippen LogP contribution in [0.1, 0.15) is 18.9 Å². The minimum absolute atomic E-state index is 0.137. The number of hydrogen-bond donors (Lipinski definition) is 3. The van der Waals surface area contributed by atoms with E-state index in [4.69, 9.17) is 17.0 Å². The summed E-state index contributed by atoms with van der Waals surface area (Å²) in [7, 11) is 1.61. The van der Waals surface area contributed by atoms with Gasteiger partial charge in [0.2, 0.25) is 5.91 Å². The van der Waals surface area contributed by atoms with Gasteiger partial charge in [0.05, 0.1) is 23.6 Å². The van der Waals surface area contributed by atoms with E-state index in [1.807, 2.05) is 91.2 Å². The molecule has 1 aromatic heterocycles. The van der Waals surface area contributed by atoms with Crippen LogP contribution in [0, 0.1) is 11.3 Å². The van der Waals surface area contributed by atoms with Crippen molar-refractivity contribution in [3.63, 3.8) is 0 Å². The van der Waals surface area contributed by atoms with Gasteiger partial charge in [-0.25, -0.2) is 0 Å². The average molecular weight is 559 g/mol. The quantitative estimate of drug-likeness (QED) is 0.144. The third kappa shape index (κ3) is 6.72. The van der Waals surface area contributed by atoms with Crippen LogP contribution in [0.3, 0.4) is 0 Å². The molecule has 0 saturated carbocycles. The van der Waals surface area contributed by atoms with Crippen molar-refractivity contribution in [1.29, 1.82) is 5.26 Å². The van der Waals surface area contributed by atoms with Gasteiger partial charge in [0, 0.05) is 21.5 Å². The zero-order valence-electron chi connectivity index (χ0n) is 20.9. The summed E-state index contributed by atoms with van der Waals surface area (Å²) in [4.78, 5) is 14.1. The maximum absolute atomic E-state index is 13.2. The average Bonchev–Trinajstić information content (AvgIpc) is 3.35. The Morgan fingerprint density at radius 2 is 1.82 bits per heavy atom. The topological polar surface area (TPSA) is 86.2 Å². The number of nitrogens with one attached hydrogen (secondary N) is 3.